The fourth-order valence-corrected chi connectivity index (χ4v) is 3.77. The van der Waals surface area contributed by atoms with Crippen molar-refractivity contribution in [2.24, 2.45) is 16.7 Å². The Kier molecular flexibility index (Phi) is 5.01. The molecule has 1 N–H and O–H groups in total. The van der Waals surface area contributed by atoms with Gasteiger partial charge in [0.2, 0.25) is 0 Å². The van der Waals surface area contributed by atoms with Crippen LogP contribution < -0.4 is 0 Å². The summed E-state index contributed by atoms with van der Waals surface area (Å²) in [4.78, 5) is 11.9. The first-order valence-corrected chi connectivity index (χ1v) is 7.27. The Labute approximate surface area is 111 Å². The van der Waals surface area contributed by atoms with Crippen molar-refractivity contribution in [1.82, 2.24) is 0 Å². The predicted molar refractivity (Wildman–Crippen MR) is 75.5 cm³/mol. The number of rotatable bonds is 5. The molecule has 2 atom stereocenters. The maximum Gasteiger partial charge on any atom is 0.310 e. The van der Waals surface area contributed by atoms with E-state index in [1.807, 2.05) is 0 Å². The van der Waals surface area contributed by atoms with Gasteiger partial charge in [0.15, 0.2) is 0 Å². The summed E-state index contributed by atoms with van der Waals surface area (Å²) < 4.78 is 0. The third kappa shape index (κ3) is 2.62. The highest BCUT2D eigenvalue weighted by Crippen LogP contribution is 2.56. The molecule has 1 aliphatic carbocycles. The zero-order valence-corrected chi connectivity index (χ0v) is 12.3. The van der Waals surface area contributed by atoms with Crippen LogP contribution in [0.5, 0.6) is 0 Å². The van der Waals surface area contributed by atoms with Crippen LogP contribution in [0.2, 0.25) is 0 Å². The molecule has 0 aliphatic heterocycles. The van der Waals surface area contributed by atoms with Crippen LogP contribution >= 0.6 is 0 Å². The molecule has 0 unspecified atom stereocenters. The molecule has 0 bridgehead atoms. The van der Waals surface area contributed by atoms with Crippen molar-refractivity contribution < 1.29 is 9.90 Å². The molecule has 0 aromatic rings. The molecule has 0 aromatic heterocycles. The zero-order chi connectivity index (χ0) is 13.8. The van der Waals surface area contributed by atoms with Crippen LogP contribution in [-0.4, -0.2) is 11.1 Å². The maximum atomic E-state index is 11.9. The lowest BCUT2D eigenvalue weighted by molar-refractivity contribution is -0.168. The molecule has 18 heavy (non-hydrogen) atoms. The standard InChI is InChI=1S/C16H28O2/c1-5-6-7-8-12-16(14(17)18)13(2)10-9-11-15(16,3)4/h6-7,13H,5,8-12H2,1-4H3,(H,17,18)/b7-6-/t13-,16-/m0/s1. The number of carboxylic acids is 1. The van der Waals surface area contributed by atoms with Gasteiger partial charge >= 0.3 is 5.97 Å². The highest BCUT2D eigenvalue weighted by atomic mass is 16.4. The summed E-state index contributed by atoms with van der Waals surface area (Å²) >= 11 is 0. The topological polar surface area (TPSA) is 37.3 Å². The van der Waals surface area contributed by atoms with Crippen LogP contribution in [-0.2, 0) is 4.79 Å². The van der Waals surface area contributed by atoms with E-state index in [9.17, 15) is 9.90 Å². The fourth-order valence-electron chi connectivity index (χ4n) is 3.77. The molecule has 0 spiro atoms. The van der Waals surface area contributed by atoms with Crippen molar-refractivity contribution in [3.05, 3.63) is 12.2 Å². The quantitative estimate of drug-likeness (QED) is 0.723. The monoisotopic (exact) mass is 252 g/mol. The van der Waals surface area contributed by atoms with E-state index in [1.165, 1.54) is 0 Å². The van der Waals surface area contributed by atoms with Crippen LogP contribution in [0.15, 0.2) is 12.2 Å². The Balaban J connectivity index is 2.95. The molecule has 1 aliphatic rings. The number of carboxylic acid groups (broad SMARTS) is 1. The molecule has 2 nitrogen and oxygen atoms in total. The zero-order valence-electron chi connectivity index (χ0n) is 12.3. The highest BCUT2D eigenvalue weighted by molar-refractivity contribution is 5.76. The maximum absolute atomic E-state index is 11.9. The molecule has 1 saturated carbocycles. The van der Waals surface area contributed by atoms with Crippen LogP contribution in [0.25, 0.3) is 0 Å². The molecule has 0 aromatic carbocycles. The Hall–Kier alpha value is -0.790. The molecule has 1 rings (SSSR count). The number of aliphatic carboxylic acids is 1. The first-order chi connectivity index (χ1) is 8.38. The van der Waals surface area contributed by atoms with Gasteiger partial charge in [-0.25, -0.2) is 0 Å². The third-order valence-electron chi connectivity index (χ3n) is 4.98. The largest absolute Gasteiger partial charge is 0.481 e. The van der Waals surface area contributed by atoms with Gasteiger partial charge in [-0.2, -0.15) is 0 Å². The number of carbonyl (C=O) groups is 1. The summed E-state index contributed by atoms with van der Waals surface area (Å²) in [6, 6.07) is 0. The van der Waals surface area contributed by atoms with Crippen molar-refractivity contribution in [3.63, 3.8) is 0 Å². The van der Waals surface area contributed by atoms with E-state index in [2.05, 4.69) is 39.8 Å². The SMILES string of the molecule is CC/C=C\CC[C@@]1(C(=O)O)[C@@H](C)CCCC1(C)C. The van der Waals surface area contributed by atoms with E-state index in [0.29, 0.717) is 0 Å². The minimum atomic E-state index is -0.593. The molecule has 0 saturated heterocycles. The molecule has 104 valence electrons. The minimum absolute atomic E-state index is 0.101. The smallest absolute Gasteiger partial charge is 0.310 e. The normalized spacial score (nSPS) is 31.7. The van der Waals surface area contributed by atoms with Gasteiger partial charge < -0.3 is 5.11 Å². The van der Waals surface area contributed by atoms with Gasteiger partial charge in [0, 0.05) is 0 Å². The average Bonchev–Trinajstić information content (AvgIpc) is 2.26. The van der Waals surface area contributed by atoms with E-state index in [1.54, 1.807) is 0 Å². The summed E-state index contributed by atoms with van der Waals surface area (Å²) in [5.74, 6) is -0.321. The van der Waals surface area contributed by atoms with E-state index >= 15 is 0 Å². The van der Waals surface area contributed by atoms with E-state index in [0.717, 1.165) is 38.5 Å². The summed E-state index contributed by atoms with van der Waals surface area (Å²) in [6.45, 7) is 8.51. The fraction of sp³-hybridized carbons (Fsp3) is 0.812. The second-order valence-corrected chi connectivity index (χ2v) is 6.37. The lowest BCUT2D eigenvalue weighted by atomic mass is 9.51. The van der Waals surface area contributed by atoms with Gasteiger partial charge in [0.25, 0.3) is 0 Å². The van der Waals surface area contributed by atoms with E-state index < -0.39 is 11.4 Å². The number of hydrogen-bond donors (Lipinski definition) is 1. The van der Waals surface area contributed by atoms with Crippen LogP contribution in [0.1, 0.15) is 66.2 Å². The molecule has 0 amide bonds. The average molecular weight is 252 g/mol. The molecule has 1 fully saturated rings. The van der Waals surface area contributed by atoms with Crippen molar-refractivity contribution in [3.8, 4) is 0 Å². The van der Waals surface area contributed by atoms with Gasteiger partial charge in [-0.1, -0.05) is 46.3 Å². The highest BCUT2D eigenvalue weighted by Gasteiger charge is 2.55. The molecule has 0 heterocycles. The van der Waals surface area contributed by atoms with Crippen LogP contribution in [0.4, 0.5) is 0 Å². The van der Waals surface area contributed by atoms with Gasteiger partial charge in [0.1, 0.15) is 0 Å². The Morgan fingerprint density at radius 1 is 1.39 bits per heavy atom. The predicted octanol–water partition coefficient (Wildman–Crippen LogP) is 4.65. The first-order valence-electron chi connectivity index (χ1n) is 7.27. The molecule has 2 heteroatoms. The second-order valence-electron chi connectivity index (χ2n) is 6.37. The number of allylic oxidation sites excluding steroid dienone is 2. The summed E-state index contributed by atoms with van der Waals surface area (Å²) in [5, 5.41) is 9.83. The van der Waals surface area contributed by atoms with Gasteiger partial charge in [-0.3, -0.25) is 4.79 Å². The Bertz CT molecular complexity index is 317. The molecular weight excluding hydrogens is 224 g/mol. The third-order valence-corrected chi connectivity index (χ3v) is 4.98. The Morgan fingerprint density at radius 3 is 2.56 bits per heavy atom. The van der Waals surface area contributed by atoms with Gasteiger partial charge in [-0.15, -0.1) is 0 Å². The Morgan fingerprint density at radius 2 is 2.06 bits per heavy atom. The van der Waals surface area contributed by atoms with Gasteiger partial charge in [0.05, 0.1) is 5.41 Å². The minimum Gasteiger partial charge on any atom is -0.481 e. The second kappa shape index (κ2) is 5.90. The lowest BCUT2D eigenvalue weighted by Gasteiger charge is -2.51. The number of hydrogen-bond acceptors (Lipinski definition) is 1. The molecule has 0 radical (unpaired) electrons. The van der Waals surface area contributed by atoms with Gasteiger partial charge in [-0.05, 0) is 43.4 Å². The van der Waals surface area contributed by atoms with Crippen molar-refractivity contribution >= 4 is 5.97 Å². The summed E-state index contributed by atoms with van der Waals surface area (Å²) in [7, 11) is 0. The summed E-state index contributed by atoms with van der Waals surface area (Å²) in [5.41, 5.74) is -0.653. The van der Waals surface area contributed by atoms with E-state index in [-0.39, 0.29) is 11.3 Å². The van der Waals surface area contributed by atoms with Crippen molar-refractivity contribution in [1.29, 1.82) is 0 Å². The lowest BCUT2D eigenvalue weighted by Crippen LogP contribution is -2.51. The summed E-state index contributed by atoms with van der Waals surface area (Å²) in [6.07, 6.45) is 10.2. The van der Waals surface area contributed by atoms with Crippen LogP contribution in [0, 0.1) is 16.7 Å². The van der Waals surface area contributed by atoms with Crippen molar-refractivity contribution in [2.75, 3.05) is 0 Å². The first kappa shape index (κ1) is 15.3. The van der Waals surface area contributed by atoms with Crippen molar-refractivity contribution in [2.45, 2.75) is 66.2 Å². The molecular formula is C16H28O2. The van der Waals surface area contributed by atoms with E-state index in [4.69, 9.17) is 0 Å². The van der Waals surface area contributed by atoms with Crippen LogP contribution in [0.3, 0.4) is 0 Å².